The summed E-state index contributed by atoms with van der Waals surface area (Å²) >= 11 is 0. The second-order valence-electron chi connectivity index (χ2n) is 4.97. The fourth-order valence-electron chi connectivity index (χ4n) is 2.55. The summed E-state index contributed by atoms with van der Waals surface area (Å²) in [6.45, 7) is 0.495. The molecule has 1 aromatic rings. The zero-order chi connectivity index (χ0) is 13.7. The van der Waals surface area contributed by atoms with Crippen LogP contribution in [0.4, 0.5) is 0 Å². The Hall–Kier alpha value is -1.46. The normalized spacial score (nSPS) is 21.5. The van der Waals surface area contributed by atoms with Crippen LogP contribution in [-0.2, 0) is 11.2 Å². The maximum Gasteiger partial charge on any atom is 0.225 e. The van der Waals surface area contributed by atoms with Gasteiger partial charge >= 0.3 is 0 Å². The monoisotopic (exact) mass is 263 g/mol. The van der Waals surface area contributed by atoms with E-state index in [1.807, 2.05) is 12.1 Å². The number of carbonyl (C=O) groups is 1. The molecule has 1 unspecified atom stereocenters. The van der Waals surface area contributed by atoms with E-state index in [-0.39, 0.29) is 18.4 Å². The van der Waals surface area contributed by atoms with E-state index in [9.17, 15) is 9.90 Å². The SMILES string of the molecule is O=C1[C@@H](CCc2ccncc2)CCCN1CC([O-])O. The molecule has 1 aliphatic rings. The number of aromatic nitrogens is 1. The zero-order valence-corrected chi connectivity index (χ0v) is 10.9. The second kappa shape index (κ2) is 6.63. The third kappa shape index (κ3) is 4.01. The van der Waals surface area contributed by atoms with E-state index < -0.39 is 6.29 Å². The van der Waals surface area contributed by atoms with Crippen molar-refractivity contribution in [3.05, 3.63) is 30.1 Å². The van der Waals surface area contributed by atoms with Crippen molar-refractivity contribution >= 4 is 5.91 Å². The first-order valence-electron chi connectivity index (χ1n) is 6.68. The van der Waals surface area contributed by atoms with Gasteiger partial charge in [-0.05, 0) is 49.7 Å². The van der Waals surface area contributed by atoms with Crippen molar-refractivity contribution in [3.63, 3.8) is 0 Å². The predicted octanol–water partition coefficient (Wildman–Crippen LogP) is -0.0685. The van der Waals surface area contributed by atoms with E-state index in [1.165, 1.54) is 10.5 Å². The Kier molecular flexibility index (Phi) is 4.87. The minimum atomic E-state index is -1.69. The summed E-state index contributed by atoms with van der Waals surface area (Å²) < 4.78 is 0. The molecule has 1 saturated heterocycles. The molecule has 1 N–H and O–H groups in total. The average Bonchev–Trinajstić information content (AvgIpc) is 2.40. The van der Waals surface area contributed by atoms with Gasteiger partial charge in [0, 0.05) is 31.4 Å². The number of aliphatic hydroxyl groups excluding tert-OH is 1. The summed E-state index contributed by atoms with van der Waals surface area (Å²) in [4.78, 5) is 17.6. The van der Waals surface area contributed by atoms with Crippen LogP contribution in [-0.4, -0.2) is 40.3 Å². The minimum Gasteiger partial charge on any atom is -0.830 e. The number of piperidine rings is 1. The molecule has 0 aliphatic carbocycles. The lowest BCUT2D eigenvalue weighted by molar-refractivity contribution is -0.482. The highest BCUT2D eigenvalue weighted by Gasteiger charge is 2.28. The molecule has 1 fully saturated rings. The van der Waals surface area contributed by atoms with E-state index in [4.69, 9.17) is 5.11 Å². The lowest BCUT2D eigenvalue weighted by Crippen LogP contribution is -2.48. The van der Waals surface area contributed by atoms with Crippen molar-refractivity contribution in [2.45, 2.75) is 32.0 Å². The predicted molar refractivity (Wildman–Crippen MR) is 67.9 cm³/mol. The van der Waals surface area contributed by atoms with Crippen LogP contribution in [0.2, 0.25) is 0 Å². The highest BCUT2D eigenvalue weighted by Crippen LogP contribution is 2.22. The number of rotatable bonds is 5. The Labute approximate surface area is 112 Å². The number of hydrogen-bond acceptors (Lipinski definition) is 4. The van der Waals surface area contributed by atoms with E-state index in [0.717, 1.165) is 25.7 Å². The van der Waals surface area contributed by atoms with Gasteiger partial charge in [0.2, 0.25) is 5.91 Å². The van der Waals surface area contributed by atoms with Gasteiger partial charge in [0.15, 0.2) is 0 Å². The highest BCUT2D eigenvalue weighted by atomic mass is 16.5. The Morgan fingerprint density at radius 2 is 2.21 bits per heavy atom. The molecule has 5 nitrogen and oxygen atoms in total. The molecule has 1 aromatic heterocycles. The van der Waals surface area contributed by atoms with Crippen LogP contribution < -0.4 is 5.11 Å². The molecule has 5 heteroatoms. The second-order valence-corrected chi connectivity index (χ2v) is 4.97. The van der Waals surface area contributed by atoms with Gasteiger partial charge in [-0.15, -0.1) is 0 Å². The third-order valence-corrected chi connectivity index (χ3v) is 3.55. The van der Waals surface area contributed by atoms with Crippen LogP contribution in [0, 0.1) is 5.92 Å². The maximum atomic E-state index is 12.1. The van der Waals surface area contributed by atoms with Crippen LogP contribution in [0.1, 0.15) is 24.8 Å². The van der Waals surface area contributed by atoms with Gasteiger partial charge in [-0.2, -0.15) is 0 Å². The molecule has 2 atom stereocenters. The van der Waals surface area contributed by atoms with Crippen LogP contribution in [0.5, 0.6) is 0 Å². The van der Waals surface area contributed by atoms with Crippen molar-refractivity contribution in [2.24, 2.45) is 5.92 Å². The largest absolute Gasteiger partial charge is 0.830 e. The molecule has 2 heterocycles. The Morgan fingerprint density at radius 1 is 1.47 bits per heavy atom. The third-order valence-electron chi connectivity index (χ3n) is 3.55. The lowest BCUT2D eigenvalue weighted by atomic mass is 9.91. The number of likely N-dealkylation sites (tertiary alicyclic amines) is 1. The first-order valence-corrected chi connectivity index (χ1v) is 6.68. The van der Waals surface area contributed by atoms with Gasteiger partial charge in [-0.25, -0.2) is 0 Å². The zero-order valence-electron chi connectivity index (χ0n) is 10.9. The quantitative estimate of drug-likeness (QED) is 0.755. The van der Waals surface area contributed by atoms with Gasteiger partial charge in [0.05, 0.1) is 0 Å². The van der Waals surface area contributed by atoms with Gasteiger partial charge in [-0.1, -0.05) is 0 Å². The molecule has 0 aromatic carbocycles. The Bertz CT molecular complexity index is 408. The fraction of sp³-hybridized carbons (Fsp3) is 0.571. The Balaban J connectivity index is 1.87. The number of β-amino-alcohol motifs (C(OH)–C–C–N with tert-alkyl or cyclic N) is 1. The first kappa shape index (κ1) is 14.0. The first-order chi connectivity index (χ1) is 9.16. The van der Waals surface area contributed by atoms with Crippen molar-refractivity contribution in [3.8, 4) is 0 Å². The Morgan fingerprint density at radius 3 is 2.89 bits per heavy atom. The molecule has 1 aliphatic heterocycles. The summed E-state index contributed by atoms with van der Waals surface area (Å²) in [6, 6.07) is 3.90. The van der Waals surface area contributed by atoms with Crippen LogP contribution >= 0.6 is 0 Å². The summed E-state index contributed by atoms with van der Waals surface area (Å²) in [5, 5.41) is 19.6. The van der Waals surface area contributed by atoms with E-state index >= 15 is 0 Å². The van der Waals surface area contributed by atoms with Crippen LogP contribution in [0.25, 0.3) is 0 Å². The van der Waals surface area contributed by atoms with Crippen molar-refractivity contribution < 1.29 is 15.0 Å². The molecule has 0 spiro atoms. The van der Waals surface area contributed by atoms with Gasteiger partial charge in [-0.3, -0.25) is 9.78 Å². The molecule has 104 valence electrons. The number of pyridine rings is 1. The molecule has 19 heavy (non-hydrogen) atoms. The number of amides is 1. The molecular weight excluding hydrogens is 244 g/mol. The summed E-state index contributed by atoms with van der Waals surface area (Å²) in [5.41, 5.74) is 1.17. The van der Waals surface area contributed by atoms with Crippen molar-refractivity contribution in [1.82, 2.24) is 9.88 Å². The number of aliphatic hydroxyl groups is 1. The average molecular weight is 263 g/mol. The number of carbonyl (C=O) groups excluding carboxylic acids is 1. The summed E-state index contributed by atoms with van der Waals surface area (Å²) in [6.07, 6.45) is 5.20. The lowest BCUT2D eigenvalue weighted by Gasteiger charge is -2.35. The fourth-order valence-corrected chi connectivity index (χ4v) is 2.55. The molecule has 0 saturated carbocycles. The van der Waals surface area contributed by atoms with E-state index in [0.29, 0.717) is 6.54 Å². The van der Waals surface area contributed by atoms with Gasteiger partial charge in [0.25, 0.3) is 0 Å². The van der Waals surface area contributed by atoms with Gasteiger partial charge < -0.3 is 15.1 Å². The molecule has 1 amide bonds. The smallest absolute Gasteiger partial charge is 0.225 e. The standard InChI is InChI=1S/C14H19N2O3/c17-13(18)10-16-9-1-2-12(14(16)19)4-3-11-5-7-15-8-6-11/h5-8,12-13,17H,1-4,9-10H2/q-1/t12-,13?/m1/s1. The van der Waals surface area contributed by atoms with Crippen LogP contribution in [0.15, 0.2) is 24.5 Å². The van der Waals surface area contributed by atoms with E-state index in [1.54, 1.807) is 12.4 Å². The maximum absolute atomic E-state index is 12.1. The molecular formula is C14H19N2O3-. The highest BCUT2D eigenvalue weighted by molar-refractivity contribution is 5.79. The molecule has 2 rings (SSSR count). The minimum absolute atomic E-state index is 0.00945. The van der Waals surface area contributed by atoms with Gasteiger partial charge in [0.1, 0.15) is 0 Å². The van der Waals surface area contributed by atoms with Crippen molar-refractivity contribution in [1.29, 1.82) is 0 Å². The molecule has 0 bridgehead atoms. The summed E-state index contributed by atoms with van der Waals surface area (Å²) in [5.74, 6) is -0.0177. The summed E-state index contributed by atoms with van der Waals surface area (Å²) in [7, 11) is 0. The van der Waals surface area contributed by atoms with Crippen LogP contribution in [0.3, 0.4) is 0 Å². The number of nitrogens with zero attached hydrogens (tertiary/aromatic N) is 2. The van der Waals surface area contributed by atoms with E-state index in [2.05, 4.69) is 4.98 Å². The number of hydrogen-bond donors (Lipinski definition) is 1. The van der Waals surface area contributed by atoms with Crippen molar-refractivity contribution in [2.75, 3.05) is 13.1 Å². The molecule has 0 radical (unpaired) electrons. The number of aryl methyl sites for hydroxylation is 1. The topological polar surface area (TPSA) is 76.5 Å².